The van der Waals surface area contributed by atoms with Crippen LogP contribution >= 0.6 is 7.60 Å². The topological polar surface area (TPSA) is 95.7 Å². The molecule has 2 rings (SSSR count). The fourth-order valence-electron chi connectivity index (χ4n) is 3.13. The van der Waals surface area contributed by atoms with Crippen LogP contribution in [-0.2, 0) is 13.6 Å². The van der Waals surface area contributed by atoms with Crippen LogP contribution in [0.3, 0.4) is 0 Å². The van der Waals surface area contributed by atoms with Crippen LogP contribution in [0.1, 0.15) is 35.7 Å². The fourth-order valence-corrected chi connectivity index (χ4v) is 5.39. The minimum Gasteiger partial charge on any atom is -0.308 e. The third-order valence-corrected chi connectivity index (χ3v) is 6.75. The van der Waals surface area contributed by atoms with Crippen LogP contribution in [0.15, 0.2) is 60.7 Å². The molecule has 0 spiro atoms. The van der Waals surface area contributed by atoms with Crippen LogP contribution in [0.2, 0.25) is 0 Å². The SMILES string of the molecule is CCOP(=O)(OCC)[C@H](C(=O)c1ccccc1)[C@@H](C[N+](=O)[O-])c1ccccc1. The second-order valence-corrected chi connectivity index (χ2v) is 8.24. The lowest BCUT2D eigenvalue weighted by Crippen LogP contribution is -2.34. The van der Waals surface area contributed by atoms with E-state index in [4.69, 9.17) is 9.05 Å². The Labute approximate surface area is 164 Å². The summed E-state index contributed by atoms with van der Waals surface area (Å²) in [6.45, 7) is 2.81. The van der Waals surface area contributed by atoms with Crippen molar-refractivity contribution in [2.45, 2.75) is 25.4 Å². The van der Waals surface area contributed by atoms with Crippen LogP contribution in [-0.4, -0.2) is 36.1 Å². The molecule has 0 saturated carbocycles. The van der Waals surface area contributed by atoms with Gasteiger partial charge in [0.15, 0.2) is 5.78 Å². The van der Waals surface area contributed by atoms with Gasteiger partial charge in [0.25, 0.3) is 0 Å². The number of ketones is 1. The second-order valence-electron chi connectivity index (χ2n) is 6.08. The van der Waals surface area contributed by atoms with Crippen LogP contribution in [0.5, 0.6) is 0 Å². The maximum absolute atomic E-state index is 13.6. The minimum atomic E-state index is -3.98. The molecule has 2 atom stereocenters. The van der Waals surface area contributed by atoms with Gasteiger partial charge in [-0.05, 0) is 19.4 Å². The van der Waals surface area contributed by atoms with Crippen LogP contribution in [0.25, 0.3) is 0 Å². The zero-order valence-corrected chi connectivity index (χ0v) is 16.8. The second kappa shape index (κ2) is 10.3. The first kappa shape index (κ1) is 22.0. The van der Waals surface area contributed by atoms with Crippen molar-refractivity contribution in [2.75, 3.05) is 19.8 Å². The van der Waals surface area contributed by atoms with Crippen LogP contribution in [0.4, 0.5) is 0 Å². The van der Waals surface area contributed by atoms with Crippen molar-refractivity contribution in [3.8, 4) is 0 Å². The lowest BCUT2D eigenvalue weighted by atomic mass is 9.91. The molecule has 0 aliphatic heterocycles. The van der Waals surface area contributed by atoms with E-state index < -0.39 is 36.4 Å². The van der Waals surface area contributed by atoms with E-state index >= 15 is 0 Å². The molecule has 0 saturated heterocycles. The molecule has 0 aromatic heterocycles. The molecule has 0 heterocycles. The van der Waals surface area contributed by atoms with E-state index in [0.717, 1.165) is 0 Å². The van der Waals surface area contributed by atoms with Crippen molar-refractivity contribution in [1.29, 1.82) is 0 Å². The number of hydrogen-bond acceptors (Lipinski definition) is 6. The van der Waals surface area contributed by atoms with Crippen molar-refractivity contribution in [2.24, 2.45) is 0 Å². The Kier molecular flexibility index (Phi) is 8.05. The molecule has 0 aliphatic rings. The maximum Gasteiger partial charge on any atom is 0.342 e. The zero-order valence-electron chi connectivity index (χ0n) is 15.9. The average Bonchev–Trinajstić information content (AvgIpc) is 2.68. The highest BCUT2D eigenvalue weighted by Gasteiger charge is 2.48. The Bertz CT molecular complexity index is 817. The molecule has 7 nitrogen and oxygen atoms in total. The van der Waals surface area contributed by atoms with Crippen LogP contribution in [0, 0.1) is 10.1 Å². The Morgan fingerprint density at radius 1 is 1.00 bits per heavy atom. The van der Waals surface area contributed by atoms with Gasteiger partial charge in [0.2, 0.25) is 6.54 Å². The van der Waals surface area contributed by atoms with Gasteiger partial charge in [0.1, 0.15) is 5.66 Å². The van der Waals surface area contributed by atoms with E-state index in [1.165, 1.54) is 0 Å². The summed E-state index contributed by atoms with van der Waals surface area (Å²) >= 11 is 0. The summed E-state index contributed by atoms with van der Waals surface area (Å²) in [5.41, 5.74) is -0.493. The largest absolute Gasteiger partial charge is 0.342 e. The van der Waals surface area contributed by atoms with E-state index in [0.29, 0.717) is 11.1 Å². The van der Waals surface area contributed by atoms with Crippen molar-refractivity contribution in [3.05, 3.63) is 81.9 Å². The number of rotatable bonds is 11. The maximum atomic E-state index is 13.6. The molecule has 0 fully saturated rings. The van der Waals surface area contributed by atoms with E-state index in [2.05, 4.69) is 0 Å². The Morgan fingerprint density at radius 2 is 1.50 bits per heavy atom. The molecule has 0 unspecified atom stereocenters. The number of carbonyl (C=O) groups is 1. The average molecular weight is 405 g/mol. The summed E-state index contributed by atoms with van der Waals surface area (Å²) in [6, 6.07) is 16.9. The molecule has 28 heavy (non-hydrogen) atoms. The first-order valence-corrected chi connectivity index (χ1v) is 10.7. The molecule has 0 bridgehead atoms. The molecular formula is C20H24NO6P. The molecule has 150 valence electrons. The lowest BCUT2D eigenvalue weighted by molar-refractivity contribution is -0.483. The number of Topliss-reactive ketones (excluding diaryl/α,β-unsaturated/α-hetero) is 1. The minimum absolute atomic E-state index is 0.0514. The standard InChI is InChI=1S/C20H24NO6P/c1-3-26-28(25,27-4-2)20(19(22)17-13-9-6-10-14-17)18(15-21(23)24)16-11-7-5-8-12-16/h5-14,18,20H,3-4,15H2,1-2H3/t18-,20-/m0/s1. The molecule has 8 heteroatoms. The number of carbonyl (C=O) groups excluding carboxylic acids is 1. The summed E-state index contributed by atoms with van der Waals surface area (Å²) in [7, 11) is -3.98. The van der Waals surface area contributed by atoms with Gasteiger partial charge in [-0.25, -0.2) is 0 Å². The normalized spacial score (nSPS) is 13.6. The quantitative estimate of drug-likeness (QED) is 0.235. The smallest absolute Gasteiger partial charge is 0.308 e. The first-order valence-electron chi connectivity index (χ1n) is 9.07. The molecule has 0 N–H and O–H groups in total. The molecule has 0 amide bonds. The first-order chi connectivity index (χ1) is 13.4. The van der Waals surface area contributed by atoms with E-state index in [1.54, 1.807) is 74.5 Å². The van der Waals surface area contributed by atoms with Crippen molar-refractivity contribution in [1.82, 2.24) is 0 Å². The van der Waals surface area contributed by atoms with Crippen molar-refractivity contribution >= 4 is 13.4 Å². The molecule has 0 aliphatic carbocycles. The Balaban J connectivity index is 2.64. The fraction of sp³-hybridized carbons (Fsp3) is 0.350. The van der Waals surface area contributed by atoms with Gasteiger partial charge in [0, 0.05) is 10.5 Å². The van der Waals surface area contributed by atoms with Crippen molar-refractivity contribution < 1.29 is 23.3 Å². The summed E-state index contributed by atoms with van der Waals surface area (Å²) in [5.74, 6) is -1.46. The third kappa shape index (κ3) is 5.35. The number of hydrogen-bond donors (Lipinski definition) is 0. The third-order valence-electron chi connectivity index (χ3n) is 4.24. The number of benzene rings is 2. The van der Waals surface area contributed by atoms with E-state index in [9.17, 15) is 19.5 Å². The van der Waals surface area contributed by atoms with Gasteiger partial charge in [-0.1, -0.05) is 60.7 Å². The molecule has 2 aromatic carbocycles. The van der Waals surface area contributed by atoms with E-state index in [-0.39, 0.29) is 13.2 Å². The summed E-state index contributed by atoms with van der Waals surface area (Å²) in [4.78, 5) is 24.3. The Hall–Kier alpha value is -2.34. The van der Waals surface area contributed by atoms with Gasteiger partial charge in [-0.2, -0.15) is 0 Å². The Morgan fingerprint density at radius 3 is 1.96 bits per heavy atom. The van der Waals surface area contributed by atoms with Crippen molar-refractivity contribution in [3.63, 3.8) is 0 Å². The van der Waals surface area contributed by atoms with E-state index in [1.807, 2.05) is 0 Å². The monoisotopic (exact) mass is 405 g/mol. The predicted octanol–water partition coefficient (Wildman–Crippen LogP) is 4.56. The van der Waals surface area contributed by atoms with Gasteiger partial charge in [0.05, 0.1) is 19.1 Å². The molecule has 2 aromatic rings. The zero-order chi connectivity index (χ0) is 20.6. The summed E-state index contributed by atoms with van der Waals surface area (Å²) in [6.07, 6.45) is 0. The highest BCUT2D eigenvalue weighted by atomic mass is 31.2. The van der Waals surface area contributed by atoms with Gasteiger partial charge >= 0.3 is 7.60 Å². The van der Waals surface area contributed by atoms with Gasteiger partial charge in [-0.15, -0.1) is 0 Å². The molecule has 0 radical (unpaired) electrons. The lowest BCUT2D eigenvalue weighted by Gasteiger charge is -2.30. The van der Waals surface area contributed by atoms with Crippen LogP contribution < -0.4 is 0 Å². The predicted molar refractivity (Wildman–Crippen MR) is 106 cm³/mol. The summed E-state index contributed by atoms with van der Waals surface area (Å²) < 4.78 is 24.5. The number of nitro groups is 1. The van der Waals surface area contributed by atoms with Gasteiger partial charge in [-0.3, -0.25) is 19.5 Å². The highest BCUT2D eigenvalue weighted by Crippen LogP contribution is 2.58. The summed E-state index contributed by atoms with van der Waals surface area (Å²) in [5, 5.41) is 11.4. The molecular weight excluding hydrogens is 381 g/mol. The number of nitrogens with zero attached hydrogens (tertiary/aromatic N) is 1. The highest BCUT2D eigenvalue weighted by molar-refractivity contribution is 7.56. The van der Waals surface area contributed by atoms with Gasteiger partial charge < -0.3 is 9.05 Å².